The minimum atomic E-state index is 0.0605. The normalized spacial score (nSPS) is 34.8. The van der Waals surface area contributed by atoms with Crippen LogP contribution in [0.15, 0.2) is 24.3 Å². The number of likely N-dealkylation sites (N-methyl/N-ethyl adjacent to an activating group) is 1. The zero-order chi connectivity index (χ0) is 12.2. The van der Waals surface area contributed by atoms with E-state index in [4.69, 9.17) is 0 Å². The number of rotatable bonds is 4. The summed E-state index contributed by atoms with van der Waals surface area (Å²) in [5.74, 6) is 0. The van der Waals surface area contributed by atoms with Crippen molar-refractivity contribution < 1.29 is 0 Å². The van der Waals surface area contributed by atoms with Crippen LogP contribution in [0.25, 0.3) is 0 Å². The maximum atomic E-state index is 4.17. The third-order valence-electron chi connectivity index (χ3n) is 3.81. The van der Waals surface area contributed by atoms with Gasteiger partial charge in [-0.15, -0.1) is 0 Å². The van der Waals surface area contributed by atoms with Crippen molar-refractivity contribution >= 4 is 0 Å². The second-order valence-corrected chi connectivity index (χ2v) is 5.24. The first-order valence-electron chi connectivity index (χ1n) is 6.26. The van der Waals surface area contributed by atoms with Crippen molar-refractivity contribution in [1.82, 2.24) is 10.6 Å². The van der Waals surface area contributed by atoms with Crippen LogP contribution in [0.2, 0.25) is 0 Å². The Hall–Kier alpha value is -0.600. The van der Waals surface area contributed by atoms with Crippen LogP contribution in [0.1, 0.15) is 40.0 Å². The van der Waals surface area contributed by atoms with Crippen LogP contribution in [0.3, 0.4) is 0 Å². The molecule has 2 N–H and O–H groups in total. The molecule has 2 heteroatoms. The summed E-state index contributed by atoms with van der Waals surface area (Å²) in [5.41, 5.74) is 1.41. The molecule has 1 aliphatic heterocycles. The summed E-state index contributed by atoms with van der Waals surface area (Å²) in [5, 5.41) is 7.07. The predicted molar refractivity (Wildman–Crippen MR) is 71.7 cm³/mol. The van der Waals surface area contributed by atoms with Gasteiger partial charge in [0.1, 0.15) is 0 Å². The monoisotopic (exact) mass is 222 g/mol. The van der Waals surface area contributed by atoms with Crippen molar-refractivity contribution in [3.05, 3.63) is 24.3 Å². The fraction of sp³-hybridized carbons (Fsp3) is 0.714. The number of hydrogen-bond acceptors (Lipinski definition) is 2. The van der Waals surface area contributed by atoms with Gasteiger partial charge in [-0.1, -0.05) is 37.6 Å². The fourth-order valence-electron chi connectivity index (χ4n) is 2.33. The average Bonchev–Trinajstić information content (AvgIpc) is 2.41. The fourth-order valence-corrected chi connectivity index (χ4v) is 2.33. The first-order valence-corrected chi connectivity index (χ1v) is 6.26. The Labute approximate surface area is 100 Å². The zero-order valence-electron chi connectivity index (χ0n) is 11.2. The van der Waals surface area contributed by atoms with E-state index in [-0.39, 0.29) is 11.1 Å². The second-order valence-electron chi connectivity index (χ2n) is 5.24. The van der Waals surface area contributed by atoms with Crippen molar-refractivity contribution in [3.8, 4) is 0 Å². The van der Waals surface area contributed by atoms with Crippen LogP contribution < -0.4 is 10.6 Å². The van der Waals surface area contributed by atoms with Gasteiger partial charge in [-0.05, 0) is 33.7 Å². The van der Waals surface area contributed by atoms with Crippen molar-refractivity contribution in [1.29, 1.82) is 0 Å². The van der Waals surface area contributed by atoms with Gasteiger partial charge in [0, 0.05) is 17.6 Å². The van der Waals surface area contributed by atoms with Gasteiger partial charge in [-0.2, -0.15) is 0 Å². The molecule has 0 aromatic rings. The molecule has 1 heterocycles. The first-order chi connectivity index (χ1) is 7.48. The molecule has 92 valence electrons. The largest absolute Gasteiger partial charge is 0.310 e. The van der Waals surface area contributed by atoms with Crippen LogP contribution in [0.4, 0.5) is 0 Å². The van der Waals surface area contributed by atoms with E-state index in [1.54, 1.807) is 0 Å². The zero-order valence-corrected chi connectivity index (χ0v) is 11.2. The van der Waals surface area contributed by atoms with E-state index in [0.717, 1.165) is 19.4 Å². The van der Waals surface area contributed by atoms with E-state index >= 15 is 0 Å². The Morgan fingerprint density at radius 1 is 1.56 bits per heavy atom. The van der Waals surface area contributed by atoms with Gasteiger partial charge in [0.2, 0.25) is 0 Å². The maximum Gasteiger partial charge on any atom is 0.0460 e. The van der Waals surface area contributed by atoms with Crippen LogP contribution in [-0.2, 0) is 0 Å². The molecule has 0 fully saturated rings. The number of hydrogen-bond donors (Lipinski definition) is 2. The minimum Gasteiger partial charge on any atom is -0.310 e. The molecule has 1 rings (SSSR count). The van der Waals surface area contributed by atoms with Crippen molar-refractivity contribution in [2.24, 2.45) is 0 Å². The lowest BCUT2D eigenvalue weighted by Crippen LogP contribution is -2.53. The van der Waals surface area contributed by atoms with Gasteiger partial charge in [0.15, 0.2) is 0 Å². The summed E-state index contributed by atoms with van der Waals surface area (Å²) in [6.07, 6.45) is 7.96. The van der Waals surface area contributed by atoms with E-state index in [1.807, 2.05) is 7.05 Å². The topological polar surface area (TPSA) is 24.1 Å². The van der Waals surface area contributed by atoms with E-state index in [9.17, 15) is 0 Å². The molecule has 2 unspecified atom stereocenters. The predicted octanol–water partition coefficient (Wildman–Crippen LogP) is 2.63. The van der Waals surface area contributed by atoms with Crippen molar-refractivity contribution in [3.63, 3.8) is 0 Å². The Morgan fingerprint density at radius 2 is 2.25 bits per heavy atom. The summed E-state index contributed by atoms with van der Waals surface area (Å²) in [7, 11) is 2.01. The van der Waals surface area contributed by atoms with Gasteiger partial charge >= 0.3 is 0 Å². The van der Waals surface area contributed by atoms with Crippen LogP contribution in [0, 0.1) is 0 Å². The van der Waals surface area contributed by atoms with Gasteiger partial charge in [-0.25, -0.2) is 0 Å². The molecule has 0 radical (unpaired) electrons. The highest BCUT2D eigenvalue weighted by Gasteiger charge is 2.33. The molecule has 0 aromatic heterocycles. The van der Waals surface area contributed by atoms with Crippen molar-refractivity contribution in [2.45, 2.75) is 51.1 Å². The molecule has 1 aliphatic rings. The van der Waals surface area contributed by atoms with E-state index in [1.165, 1.54) is 12.0 Å². The molecule has 2 nitrogen and oxygen atoms in total. The van der Waals surface area contributed by atoms with Crippen LogP contribution in [-0.4, -0.2) is 24.7 Å². The van der Waals surface area contributed by atoms with E-state index < -0.39 is 0 Å². The van der Waals surface area contributed by atoms with E-state index in [0.29, 0.717) is 0 Å². The molecule has 0 aromatic carbocycles. The highest BCUT2D eigenvalue weighted by Crippen LogP contribution is 2.29. The minimum absolute atomic E-state index is 0.0605. The number of nitrogens with one attached hydrogen (secondary N) is 2. The second kappa shape index (κ2) is 5.15. The summed E-state index contributed by atoms with van der Waals surface area (Å²) in [6.45, 7) is 11.7. The summed E-state index contributed by atoms with van der Waals surface area (Å²) >= 11 is 0. The SMILES string of the molecule is C=C(C)C1(CCC)CC=CC(C)(NC)CN1. The highest BCUT2D eigenvalue weighted by atomic mass is 15.1. The molecule has 0 aliphatic carbocycles. The molecule has 0 spiro atoms. The Balaban J connectivity index is 2.86. The van der Waals surface area contributed by atoms with Crippen molar-refractivity contribution in [2.75, 3.05) is 13.6 Å². The lowest BCUT2D eigenvalue weighted by Gasteiger charge is -2.36. The van der Waals surface area contributed by atoms with Gasteiger partial charge in [-0.3, -0.25) is 0 Å². The maximum absolute atomic E-state index is 4.17. The molecule has 16 heavy (non-hydrogen) atoms. The lowest BCUT2D eigenvalue weighted by atomic mass is 9.84. The Morgan fingerprint density at radius 3 is 2.75 bits per heavy atom. The Kier molecular flexibility index (Phi) is 4.34. The Bertz CT molecular complexity index is 282. The van der Waals surface area contributed by atoms with E-state index in [2.05, 4.69) is 50.1 Å². The average molecular weight is 222 g/mol. The van der Waals surface area contributed by atoms with Crippen LogP contribution >= 0.6 is 0 Å². The first kappa shape index (κ1) is 13.5. The molecule has 0 amide bonds. The van der Waals surface area contributed by atoms with Gasteiger partial charge in [0.05, 0.1) is 0 Å². The highest BCUT2D eigenvalue weighted by molar-refractivity contribution is 5.22. The summed E-state index contributed by atoms with van der Waals surface area (Å²) < 4.78 is 0. The van der Waals surface area contributed by atoms with Gasteiger partial charge < -0.3 is 10.6 Å². The third-order valence-corrected chi connectivity index (χ3v) is 3.81. The standard InChI is InChI=1S/C14H26N2/c1-6-8-14(12(2)3)10-7-9-13(4,15-5)11-16-14/h7,9,15-16H,2,6,8,10-11H2,1,3-5H3. The summed E-state index contributed by atoms with van der Waals surface area (Å²) in [4.78, 5) is 0. The third kappa shape index (κ3) is 2.74. The molecular formula is C14H26N2. The molecule has 2 atom stereocenters. The molecule has 0 saturated heterocycles. The molecular weight excluding hydrogens is 196 g/mol. The lowest BCUT2D eigenvalue weighted by molar-refractivity contribution is 0.325. The smallest absolute Gasteiger partial charge is 0.0460 e. The summed E-state index contributed by atoms with van der Waals surface area (Å²) in [6, 6.07) is 0. The molecule has 0 saturated carbocycles. The molecule has 0 bridgehead atoms. The van der Waals surface area contributed by atoms with Crippen LogP contribution in [0.5, 0.6) is 0 Å². The van der Waals surface area contributed by atoms with Gasteiger partial charge in [0.25, 0.3) is 0 Å². The quantitative estimate of drug-likeness (QED) is 0.715.